The van der Waals surface area contributed by atoms with Gasteiger partial charge in [0.1, 0.15) is 23.0 Å². The van der Waals surface area contributed by atoms with Crippen LogP contribution in [0.2, 0.25) is 0 Å². The van der Waals surface area contributed by atoms with Crippen LogP contribution in [0.1, 0.15) is 43.7 Å². The van der Waals surface area contributed by atoms with Gasteiger partial charge < -0.3 is 29.2 Å². The zero-order valence-corrected chi connectivity index (χ0v) is 24.9. The maximum atomic E-state index is 13.9. The van der Waals surface area contributed by atoms with Crippen molar-refractivity contribution in [1.29, 1.82) is 0 Å². The van der Waals surface area contributed by atoms with E-state index in [1.165, 1.54) is 0 Å². The summed E-state index contributed by atoms with van der Waals surface area (Å²) in [6.07, 6.45) is 4.63. The van der Waals surface area contributed by atoms with Gasteiger partial charge >= 0.3 is 12.4 Å². The van der Waals surface area contributed by atoms with Gasteiger partial charge in [-0.15, -0.1) is 0 Å². The lowest BCUT2D eigenvalue weighted by Gasteiger charge is -2.46. The number of likely N-dealkylation sites (N-methyl/N-ethyl adjacent to an activating group) is 1. The zero-order chi connectivity index (χ0) is 29.4. The standard InChI is InChI=1S/C31H41N4O6/c1-7-34-30(37)33-18-22-15-24(39-4)17-27(41-6)29(22)21(2)14-28(33)31(34)10-12-35(20-36,13-11-31)19-32-25-9-8-23(38-3)16-26(25)40-5/h8-9,14-17,20-21,32H,7,10-13,18-19H2,1-6H3/q+1. The number of allylic oxidation sites excluding steroid dienone is 1. The van der Waals surface area contributed by atoms with Crippen LogP contribution in [0.3, 0.4) is 0 Å². The Bertz CT molecular complexity index is 1350. The fraction of sp³-hybridized carbons (Fsp3) is 0.484. The van der Waals surface area contributed by atoms with Crippen molar-refractivity contribution in [2.24, 2.45) is 0 Å². The van der Waals surface area contributed by atoms with Crippen LogP contribution in [0, 0.1) is 0 Å². The number of carbonyl (C=O) groups is 2. The van der Waals surface area contributed by atoms with E-state index in [1.807, 2.05) is 47.1 Å². The third-order valence-corrected chi connectivity index (χ3v) is 9.07. The lowest BCUT2D eigenvalue weighted by atomic mass is 9.81. The highest BCUT2D eigenvalue weighted by Crippen LogP contribution is 2.49. The van der Waals surface area contributed by atoms with Gasteiger partial charge in [-0.25, -0.2) is 14.1 Å². The average molecular weight is 566 g/mol. The van der Waals surface area contributed by atoms with Crippen LogP contribution in [-0.2, 0) is 11.3 Å². The first-order chi connectivity index (χ1) is 19.8. The number of methoxy groups -OCH3 is 4. The van der Waals surface area contributed by atoms with E-state index >= 15 is 0 Å². The number of rotatable bonds is 9. The Morgan fingerprint density at radius 2 is 1.68 bits per heavy atom. The maximum absolute atomic E-state index is 13.9. The molecule has 2 aromatic carbocycles. The number of ether oxygens (including phenoxy) is 4. The van der Waals surface area contributed by atoms with E-state index in [-0.39, 0.29) is 16.4 Å². The molecule has 2 saturated heterocycles. The van der Waals surface area contributed by atoms with E-state index in [1.54, 1.807) is 28.4 Å². The molecule has 0 saturated carbocycles. The van der Waals surface area contributed by atoms with Crippen molar-refractivity contribution in [1.82, 2.24) is 9.80 Å². The number of nitrogens with one attached hydrogen (secondary N) is 1. The van der Waals surface area contributed by atoms with Gasteiger partial charge in [-0.2, -0.15) is 0 Å². The first kappa shape index (κ1) is 28.6. The molecule has 5 rings (SSSR count). The van der Waals surface area contributed by atoms with Crippen molar-refractivity contribution >= 4 is 18.1 Å². The number of quaternary nitrogens is 1. The number of amides is 3. The van der Waals surface area contributed by atoms with Crippen LogP contribution in [0.4, 0.5) is 10.5 Å². The number of hydrogen-bond donors (Lipinski definition) is 1. The molecule has 1 spiro atoms. The molecule has 220 valence electrons. The minimum absolute atomic E-state index is 0.00721. The van der Waals surface area contributed by atoms with Crippen molar-refractivity contribution < 1.29 is 33.0 Å². The van der Waals surface area contributed by atoms with Crippen molar-refractivity contribution in [3.05, 3.63) is 53.2 Å². The number of piperidine rings is 1. The molecule has 3 aliphatic heterocycles. The summed E-state index contributed by atoms with van der Waals surface area (Å²) < 4.78 is 22.4. The molecule has 0 aliphatic carbocycles. The van der Waals surface area contributed by atoms with Gasteiger partial charge in [0.05, 0.1) is 59.3 Å². The van der Waals surface area contributed by atoms with E-state index in [2.05, 4.69) is 18.3 Å². The summed E-state index contributed by atoms with van der Waals surface area (Å²) in [5.41, 5.74) is 3.46. The lowest BCUT2D eigenvalue weighted by Crippen LogP contribution is -2.62. The third-order valence-electron chi connectivity index (χ3n) is 9.07. The molecule has 3 heterocycles. The summed E-state index contributed by atoms with van der Waals surface area (Å²) in [4.78, 5) is 30.4. The zero-order valence-electron chi connectivity index (χ0n) is 24.9. The molecule has 3 aliphatic rings. The summed E-state index contributed by atoms with van der Waals surface area (Å²) in [7, 11) is 6.53. The Labute approximate surface area is 242 Å². The minimum Gasteiger partial charge on any atom is -0.497 e. The van der Waals surface area contributed by atoms with Crippen molar-refractivity contribution in [3.8, 4) is 23.0 Å². The molecule has 1 atom stereocenters. The quantitative estimate of drug-likeness (QED) is 0.352. The fourth-order valence-electron chi connectivity index (χ4n) is 6.80. The molecule has 0 aromatic heterocycles. The minimum atomic E-state index is -0.470. The van der Waals surface area contributed by atoms with Crippen LogP contribution in [0.5, 0.6) is 23.0 Å². The monoisotopic (exact) mass is 565 g/mol. The highest BCUT2D eigenvalue weighted by Gasteiger charge is 2.57. The molecule has 2 fully saturated rings. The second-order valence-electron chi connectivity index (χ2n) is 11.1. The van der Waals surface area contributed by atoms with Gasteiger partial charge in [-0.3, -0.25) is 4.90 Å². The number of anilines is 1. The molecule has 3 amide bonds. The number of nitrogens with zero attached hydrogens (tertiary/aromatic N) is 3. The number of carbonyl (C=O) groups excluding carboxylic acids is 2. The Kier molecular flexibility index (Phi) is 7.78. The lowest BCUT2D eigenvalue weighted by molar-refractivity contribution is -0.849. The molecule has 1 N–H and O–H groups in total. The summed E-state index contributed by atoms with van der Waals surface area (Å²) in [5.74, 6) is 2.85. The van der Waals surface area contributed by atoms with Crippen LogP contribution in [0.25, 0.3) is 0 Å². The van der Waals surface area contributed by atoms with Crippen molar-refractivity contribution in [2.75, 3.05) is 60.1 Å². The van der Waals surface area contributed by atoms with Gasteiger partial charge in [0.25, 0.3) is 0 Å². The number of fused-ring (bicyclic) bond motifs is 3. The van der Waals surface area contributed by atoms with E-state index < -0.39 is 5.54 Å². The predicted molar refractivity (Wildman–Crippen MR) is 155 cm³/mol. The van der Waals surface area contributed by atoms with E-state index in [0.717, 1.165) is 34.7 Å². The summed E-state index contributed by atoms with van der Waals surface area (Å²) in [6.45, 7) is 6.84. The molecule has 0 radical (unpaired) electrons. The average Bonchev–Trinajstić information content (AvgIpc) is 3.10. The van der Waals surface area contributed by atoms with E-state index in [9.17, 15) is 9.59 Å². The molecule has 10 heteroatoms. The molecular formula is C31H41N4O6+. The van der Waals surface area contributed by atoms with Crippen LogP contribution >= 0.6 is 0 Å². The van der Waals surface area contributed by atoms with Crippen LogP contribution in [0.15, 0.2) is 42.1 Å². The molecule has 0 bridgehead atoms. The maximum Gasteiger partial charge on any atom is 0.325 e. The van der Waals surface area contributed by atoms with Gasteiger partial charge in [-0.05, 0) is 30.7 Å². The summed E-state index contributed by atoms with van der Waals surface area (Å²) in [6, 6.07) is 9.50. The second-order valence-corrected chi connectivity index (χ2v) is 11.1. The second kappa shape index (κ2) is 11.2. The molecule has 41 heavy (non-hydrogen) atoms. The molecular weight excluding hydrogens is 524 g/mol. The Hall–Kier alpha value is -3.92. The Balaban J connectivity index is 1.43. The van der Waals surface area contributed by atoms with E-state index in [4.69, 9.17) is 18.9 Å². The highest BCUT2D eigenvalue weighted by atomic mass is 16.5. The van der Waals surface area contributed by atoms with Gasteiger partial charge in [0.2, 0.25) is 0 Å². The highest BCUT2D eigenvalue weighted by molar-refractivity contribution is 5.83. The number of likely N-dealkylation sites (tertiary alicyclic amines) is 1. The number of hydrogen-bond acceptors (Lipinski definition) is 7. The molecule has 10 nitrogen and oxygen atoms in total. The largest absolute Gasteiger partial charge is 0.497 e. The number of benzene rings is 2. The summed E-state index contributed by atoms with van der Waals surface area (Å²) in [5, 5.41) is 3.43. The smallest absolute Gasteiger partial charge is 0.325 e. The van der Waals surface area contributed by atoms with Crippen molar-refractivity contribution in [3.63, 3.8) is 0 Å². The predicted octanol–water partition coefficient (Wildman–Crippen LogP) is 4.55. The topological polar surface area (TPSA) is 89.6 Å². The van der Waals surface area contributed by atoms with Crippen LogP contribution < -0.4 is 24.3 Å². The SMILES string of the molecule is CCN1C(=O)N2Cc3cc(OC)cc(OC)c3C(C)C=C2C12CC[N+](C=O)(CNc1ccc(OC)cc1OC)CC2. The normalized spacial score (nSPS) is 25.2. The first-order valence-electron chi connectivity index (χ1n) is 14.1. The Morgan fingerprint density at radius 3 is 2.29 bits per heavy atom. The van der Waals surface area contributed by atoms with Gasteiger partial charge in [-0.1, -0.05) is 13.0 Å². The Morgan fingerprint density at radius 1 is 1.00 bits per heavy atom. The van der Waals surface area contributed by atoms with Gasteiger partial charge in [0, 0.05) is 48.7 Å². The molecule has 1 unspecified atom stereocenters. The van der Waals surface area contributed by atoms with Gasteiger partial charge in [0.15, 0.2) is 6.67 Å². The number of urea groups is 1. The van der Waals surface area contributed by atoms with E-state index in [0.29, 0.717) is 62.9 Å². The third kappa shape index (κ3) is 4.73. The molecule has 2 aromatic rings. The van der Waals surface area contributed by atoms with Crippen LogP contribution in [-0.4, -0.2) is 87.0 Å². The van der Waals surface area contributed by atoms with Crippen molar-refractivity contribution in [2.45, 2.75) is 44.7 Å². The fourth-order valence-corrected chi connectivity index (χ4v) is 6.80. The first-order valence-corrected chi connectivity index (χ1v) is 14.1. The summed E-state index contributed by atoms with van der Waals surface area (Å²) >= 11 is 0.